The molecular weight excluding hydrogens is 212 g/mol. The Bertz CT molecular complexity index is 333. The van der Waals surface area contributed by atoms with Crippen molar-refractivity contribution in [2.45, 2.75) is 46.6 Å². The van der Waals surface area contributed by atoms with Crippen molar-refractivity contribution < 1.29 is 4.79 Å². The Morgan fingerprint density at radius 1 is 1.65 bits per heavy atom. The smallest absolute Gasteiger partial charge is 0.321 e. The minimum atomic E-state index is 0.00537. The Kier molecular flexibility index (Phi) is 4.79. The van der Waals surface area contributed by atoms with Gasteiger partial charge in [-0.25, -0.2) is 4.79 Å². The number of carbonyl (C=O) groups excluding carboxylic acids is 1. The summed E-state index contributed by atoms with van der Waals surface area (Å²) < 4.78 is 0. The molecule has 1 aliphatic heterocycles. The highest BCUT2D eigenvalue weighted by atomic mass is 16.2. The maximum Gasteiger partial charge on any atom is 0.321 e. The van der Waals surface area contributed by atoms with E-state index in [1.165, 1.54) is 5.57 Å². The van der Waals surface area contributed by atoms with E-state index in [4.69, 9.17) is 0 Å². The van der Waals surface area contributed by atoms with Gasteiger partial charge in [-0.2, -0.15) is 0 Å². The zero-order chi connectivity index (χ0) is 13.0. The van der Waals surface area contributed by atoms with Crippen LogP contribution < -0.4 is 5.32 Å². The molecule has 1 N–H and O–H groups in total. The Morgan fingerprint density at radius 3 is 2.82 bits per heavy atom. The van der Waals surface area contributed by atoms with Gasteiger partial charge in [0.2, 0.25) is 0 Å². The van der Waals surface area contributed by atoms with E-state index in [-0.39, 0.29) is 12.1 Å². The van der Waals surface area contributed by atoms with Gasteiger partial charge < -0.3 is 10.2 Å². The fourth-order valence-electron chi connectivity index (χ4n) is 1.97. The standard InChI is InChI=1S/C14H24N2O/c1-6-11(4)13-9-16(8-7-10(2)3)14(17)15-12(13)5/h9,11-12H,2,6-8H2,1,3-5H3,(H,15,17). The number of rotatable bonds is 5. The average Bonchev–Trinajstić information content (AvgIpc) is 2.26. The third-order valence-electron chi connectivity index (χ3n) is 3.37. The van der Waals surface area contributed by atoms with Gasteiger partial charge in [0, 0.05) is 12.7 Å². The van der Waals surface area contributed by atoms with Crippen molar-refractivity contribution in [2.24, 2.45) is 5.92 Å². The topological polar surface area (TPSA) is 32.3 Å². The molecule has 1 rings (SSSR count). The molecule has 0 spiro atoms. The number of hydrogen-bond donors (Lipinski definition) is 1. The lowest BCUT2D eigenvalue weighted by molar-refractivity contribution is 0.207. The van der Waals surface area contributed by atoms with Crippen LogP contribution in [0, 0.1) is 5.92 Å². The van der Waals surface area contributed by atoms with E-state index in [9.17, 15) is 4.79 Å². The van der Waals surface area contributed by atoms with Gasteiger partial charge in [-0.15, -0.1) is 6.58 Å². The molecule has 2 unspecified atom stereocenters. The highest BCUT2D eigenvalue weighted by Gasteiger charge is 2.25. The molecule has 0 saturated carbocycles. The van der Waals surface area contributed by atoms with E-state index in [0.29, 0.717) is 12.5 Å². The Labute approximate surface area is 105 Å². The Balaban J connectivity index is 2.78. The maximum absolute atomic E-state index is 11.8. The first-order chi connectivity index (χ1) is 7.95. The molecule has 0 aromatic heterocycles. The van der Waals surface area contributed by atoms with E-state index in [1.54, 1.807) is 4.90 Å². The van der Waals surface area contributed by atoms with Crippen molar-refractivity contribution >= 4 is 6.03 Å². The number of amides is 2. The van der Waals surface area contributed by atoms with Crippen molar-refractivity contribution in [3.05, 3.63) is 23.9 Å². The molecule has 0 bridgehead atoms. The molecule has 2 atom stereocenters. The quantitative estimate of drug-likeness (QED) is 0.730. The van der Waals surface area contributed by atoms with Crippen molar-refractivity contribution in [1.82, 2.24) is 10.2 Å². The third kappa shape index (κ3) is 3.62. The van der Waals surface area contributed by atoms with Gasteiger partial charge in [0.05, 0.1) is 6.04 Å². The van der Waals surface area contributed by atoms with Crippen LogP contribution >= 0.6 is 0 Å². The summed E-state index contributed by atoms with van der Waals surface area (Å²) in [4.78, 5) is 13.6. The molecule has 0 fully saturated rings. The molecule has 1 aliphatic rings. The van der Waals surface area contributed by atoms with Gasteiger partial charge in [-0.1, -0.05) is 19.4 Å². The predicted molar refractivity (Wildman–Crippen MR) is 71.7 cm³/mol. The molecule has 1 heterocycles. The van der Waals surface area contributed by atoms with Crippen molar-refractivity contribution in [1.29, 1.82) is 0 Å². The Morgan fingerprint density at radius 2 is 2.29 bits per heavy atom. The Hall–Kier alpha value is -1.25. The molecule has 3 nitrogen and oxygen atoms in total. The van der Waals surface area contributed by atoms with Crippen molar-refractivity contribution in [3.8, 4) is 0 Å². The van der Waals surface area contributed by atoms with Crippen LogP contribution in [-0.4, -0.2) is 23.5 Å². The van der Waals surface area contributed by atoms with Gasteiger partial charge in [-0.05, 0) is 38.2 Å². The van der Waals surface area contributed by atoms with Crippen LogP contribution in [0.4, 0.5) is 4.79 Å². The number of hydrogen-bond acceptors (Lipinski definition) is 1. The molecule has 2 amide bonds. The minimum Gasteiger partial charge on any atom is -0.331 e. The predicted octanol–water partition coefficient (Wildman–Crippen LogP) is 3.30. The number of nitrogens with zero attached hydrogens (tertiary/aromatic N) is 1. The van der Waals surface area contributed by atoms with E-state index in [0.717, 1.165) is 18.4 Å². The monoisotopic (exact) mass is 236 g/mol. The zero-order valence-corrected chi connectivity index (χ0v) is 11.4. The summed E-state index contributed by atoms with van der Waals surface area (Å²) in [5.74, 6) is 0.512. The fourth-order valence-corrected chi connectivity index (χ4v) is 1.97. The van der Waals surface area contributed by atoms with Crippen molar-refractivity contribution in [3.63, 3.8) is 0 Å². The highest BCUT2D eigenvalue weighted by Crippen LogP contribution is 2.22. The number of urea groups is 1. The molecule has 3 heteroatoms. The summed E-state index contributed by atoms with van der Waals surface area (Å²) in [6.07, 6.45) is 3.98. The second kappa shape index (κ2) is 5.89. The lowest BCUT2D eigenvalue weighted by atomic mass is 9.92. The molecular formula is C14H24N2O. The lowest BCUT2D eigenvalue weighted by Crippen LogP contribution is -2.48. The van der Waals surface area contributed by atoms with Crippen LogP contribution in [0.25, 0.3) is 0 Å². The second-order valence-corrected chi connectivity index (χ2v) is 5.01. The van der Waals surface area contributed by atoms with E-state index in [1.807, 2.05) is 20.0 Å². The molecule has 0 aromatic rings. The molecule has 0 saturated heterocycles. The summed E-state index contributed by atoms with van der Waals surface area (Å²) in [5.41, 5.74) is 2.42. The third-order valence-corrected chi connectivity index (χ3v) is 3.37. The van der Waals surface area contributed by atoms with Gasteiger partial charge in [0.1, 0.15) is 0 Å². The number of nitrogens with one attached hydrogen (secondary N) is 1. The minimum absolute atomic E-state index is 0.00537. The maximum atomic E-state index is 11.8. The highest BCUT2D eigenvalue weighted by molar-refractivity contribution is 5.77. The molecule has 96 valence electrons. The van der Waals surface area contributed by atoms with Crippen molar-refractivity contribution in [2.75, 3.05) is 6.54 Å². The van der Waals surface area contributed by atoms with Crippen LogP contribution in [0.1, 0.15) is 40.5 Å². The fraction of sp³-hybridized carbons (Fsp3) is 0.643. The molecule has 17 heavy (non-hydrogen) atoms. The summed E-state index contributed by atoms with van der Waals surface area (Å²) in [7, 11) is 0. The van der Waals surface area contributed by atoms with E-state index < -0.39 is 0 Å². The van der Waals surface area contributed by atoms with Crippen LogP contribution in [0.2, 0.25) is 0 Å². The lowest BCUT2D eigenvalue weighted by Gasteiger charge is -2.33. The largest absolute Gasteiger partial charge is 0.331 e. The summed E-state index contributed by atoms with van der Waals surface area (Å²) in [5, 5.41) is 3.01. The first-order valence-electron chi connectivity index (χ1n) is 6.38. The molecule has 0 aromatic carbocycles. The van der Waals surface area contributed by atoms with Crippen LogP contribution in [0.15, 0.2) is 23.9 Å². The molecule has 0 aliphatic carbocycles. The van der Waals surface area contributed by atoms with Crippen LogP contribution in [0.5, 0.6) is 0 Å². The van der Waals surface area contributed by atoms with Crippen LogP contribution in [-0.2, 0) is 0 Å². The zero-order valence-electron chi connectivity index (χ0n) is 11.4. The second-order valence-electron chi connectivity index (χ2n) is 5.01. The van der Waals surface area contributed by atoms with E-state index >= 15 is 0 Å². The van der Waals surface area contributed by atoms with Gasteiger partial charge in [0.15, 0.2) is 0 Å². The normalized spacial score (nSPS) is 21.9. The first-order valence-corrected chi connectivity index (χ1v) is 6.38. The summed E-state index contributed by atoms with van der Waals surface area (Å²) in [6, 6.07) is 0.157. The van der Waals surface area contributed by atoms with Gasteiger partial charge in [0.25, 0.3) is 0 Å². The van der Waals surface area contributed by atoms with E-state index in [2.05, 4.69) is 25.7 Å². The number of carbonyl (C=O) groups is 1. The molecule has 0 radical (unpaired) electrons. The first kappa shape index (κ1) is 13.8. The SMILES string of the molecule is C=C(C)CCN1C=C(C(C)CC)C(C)NC1=O. The average molecular weight is 236 g/mol. The van der Waals surface area contributed by atoms with Crippen LogP contribution in [0.3, 0.4) is 0 Å². The van der Waals surface area contributed by atoms with Gasteiger partial charge >= 0.3 is 6.03 Å². The van der Waals surface area contributed by atoms with Gasteiger partial charge in [-0.3, -0.25) is 0 Å². The summed E-state index contributed by atoms with van der Waals surface area (Å²) >= 11 is 0. The summed E-state index contributed by atoms with van der Waals surface area (Å²) in [6.45, 7) is 13.0.